The minimum Gasteiger partial charge on any atom is -0.280 e. The third-order valence-electron chi connectivity index (χ3n) is 4.06. The van der Waals surface area contributed by atoms with Crippen molar-refractivity contribution in [1.29, 1.82) is 0 Å². The fraction of sp³-hybridized carbons (Fsp3) is 0.0476. The van der Waals surface area contributed by atoms with Crippen molar-refractivity contribution in [1.82, 2.24) is 5.43 Å². The summed E-state index contributed by atoms with van der Waals surface area (Å²) in [6.07, 6.45) is 1.40. The zero-order chi connectivity index (χ0) is 21.7. The van der Waals surface area contributed by atoms with E-state index in [4.69, 9.17) is 23.2 Å². The topological polar surface area (TPSA) is 87.6 Å². The summed E-state index contributed by atoms with van der Waals surface area (Å²) in [6.45, 7) is 1.88. The number of hydrogen-bond acceptors (Lipinski definition) is 4. The molecule has 0 heterocycles. The maximum absolute atomic E-state index is 12.4. The summed E-state index contributed by atoms with van der Waals surface area (Å²) in [6, 6.07) is 17.4. The van der Waals surface area contributed by atoms with Gasteiger partial charge >= 0.3 is 0 Å². The van der Waals surface area contributed by atoms with Crippen molar-refractivity contribution in [3.8, 4) is 0 Å². The highest BCUT2D eigenvalue weighted by Crippen LogP contribution is 2.20. The van der Waals surface area contributed by atoms with Crippen molar-refractivity contribution in [2.45, 2.75) is 11.8 Å². The summed E-state index contributed by atoms with van der Waals surface area (Å²) in [5.74, 6) is -0.454. The molecule has 0 radical (unpaired) electrons. The van der Waals surface area contributed by atoms with Gasteiger partial charge in [0.2, 0.25) is 0 Å². The molecule has 2 N–H and O–H groups in total. The molecule has 0 fully saturated rings. The Morgan fingerprint density at radius 3 is 2.27 bits per heavy atom. The quantitative estimate of drug-likeness (QED) is 0.405. The van der Waals surface area contributed by atoms with E-state index in [2.05, 4.69) is 15.2 Å². The highest BCUT2D eigenvalue weighted by Gasteiger charge is 2.14. The van der Waals surface area contributed by atoms with Crippen LogP contribution in [0.1, 0.15) is 21.5 Å². The van der Waals surface area contributed by atoms with Crippen LogP contribution in [0.15, 0.2) is 76.7 Å². The van der Waals surface area contributed by atoms with Gasteiger partial charge in [-0.3, -0.25) is 9.52 Å². The molecule has 3 rings (SSSR count). The van der Waals surface area contributed by atoms with Gasteiger partial charge in [0.15, 0.2) is 0 Å². The van der Waals surface area contributed by atoms with E-state index < -0.39 is 15.9 Å². The monoisotopic (exact) mass is 461 g/mol. The van der Waals surface area contributed by atoms with E-state index >= 15 is 0 Å². The van der Waals surface area contributed by atoms with Crippen LogP contribution in [-0.2, 0) is 10.0 Å². The van der Waals surface area contributed by atoms with Crippen LogP contribution in [0.3, 0.4) is 0 Å². The average Bonchev–Trinajstić information content (AvgIpc) is 2.70. The first-order valence-electron chi connectivity index (χ1n) is 8.72. The Balaban J connectivity index is 1.64. The molecule has 0 aliphatic heterocycles. The lowest BCUT2D eigenvalue weighted by Gasteiger charge is -2.09. The molecule has 0 unspecified atom stereocenters. The van der Waals surface area contributed by atoms with Crippen molar-refractivity contribution >= 4 is 51.0 Å². The summed E-state index contributed by atoms with van der Waals surface area (Å²) in [5, 5.41) is 4.78. The van der Waals surface area contributed by atoms with Crippen molar-refractivity contribution in [3.05, 3.63) is 93.5 Å². The third-order valence-corrected chi connectivity index (χ3v) is 6.02. The molecule has 154 valence electrons. The molecule has 3 aromatic carbocycles. The summed E-state index contributed by atoms with van der Waals surface area (Å²) >= 11 is 11.9. The Morgan fingerprint density at radius 2 is 1.63 bits per heavy atom. The fourth-order valence-electron chi connectivity index (χ4n) is 2.45. The average molecular weight is 462 g/mol. The summed E-state index contributed by atoms with van der Waals surface area (Å²) < 4.78 is 27.3. The van der Waals surface area contributed by atoms with Gasteiger partial charge in [-0.15, -0.1) is 0 Å². The second-order valence-corrected chi connectivity index (χ2v) is 8.89. The highest BCUT2D eigenvalue weighted by atomic mass is 35.5. The maximum Gasteiger partial charge on any atom is 0.271 e. The molecule has 3 aromatic rings. The van der Waals surface area contributed by atoms with Gasteiger partial charge in [-0.05, 0) is 55.5 Å². The Kier molecular flexibility index (Phi) is 6.77. The number of aryl methyl sites for hydroxylation is 1. The van der Waals surface area contributed by atoms with E-state index in [9.17, 15) is 13.2 Å². The van der Waals surface area contributed by atoms with Crippen LogP contribution in [0.25, 0.3) is 0 Å². The molecule has 9 heteroatoms. The van der Waals surface area contributed by atoms with Crippen LogP contribution in [0.5, 0.6) is 0 Å². The first-order valence-corrected chi connectivity index (χ1v) is 11.0. The molecule has 0 saturated heterocycles. The van der Waals surface area contributed by atoms with E-state index in [-0.39, 0.29) is 4.90 Å². The first-order chi connectivity index (χ1) is 14.2. The zero-order valence-corrected chi connectivity index (χ0v) is 18.1. The molecule has 30 heavy (non-hydrogen) atoms. The Morgan fingerprint density at radius 1 is 0.967 bits per heavy atom. The van der Waals surface area contributed by atoms with E-state index in [0.717, 1.165) is 5.56 Å². The lowest BCUT2D eigenvalue weighted by Crippen LogP contribution is -2.18. The van der Waals surface area contributed by atoms with Gasteiger partial charge in [-0.1, -0.05) is 47.0 Å². The Hall–Kier alpha value is -2.87. The SMILES string of the molecule is Cc1ccc(S(=O)(=O)Nc2ccc(C(=O)N/N=C\c3ccc(Cl)cc3Cl)cc2)cc1. The van der Waals surface area contributed by atoms with Crippen molar-refractivity contribution in [2.75, 3.05) is 4.72 Å². The van der Waals surface area contributed by atoms with Gasteiger partial charge in [0.1, 0.15) is 0 Å². The molecular formula is C21H17Cl2N3O3S. The van der Waals surface area contributed by atoms with Crippen LogP contribution in [0, 0.1) is 6.92 Å². The number of nitrogens with zero attached hydrogens (tertiary/aromatic N) is 1. The van der Waals surface area contributed by atoms with Crippen molar-refractivity contribution in [2.24, 2.45) is 5.10 Å². The van der Waals surface area contributed by atoms with E-state index in [1.807, 2.05) is 6.92 Å². The van der Waals surface area contributed by atoms with E-state index in [0.29, 0.717) is 26.9 Å². The number of nitrogens with one attached hydrogen (secondary N) is 2. The number of carbonyl (C=O) groups excluding carboxylic acids is 1. The van der Waals surface area contributed by atoms with Crippen LogP contribution in [0.4, 0.5) is 5.69 Å². The maximum atomic E-state index is 12.4. The summed E-state index contributed by atoms with van der Waals surface area (Å²) in [7, 11) is -3.71. The molecule has 1 amide bonds. The van der Waals surface area contributed by atoms with Gasteiger partial charge in [-0.25, -0.2) is 13.8 Å². The predicted octanol–water partition coefficient (Wildman–Crippen LogP) is 4.87. The van der Waals surface area contributed by atoms with Gasteiger partial charge in [0.25, 0.3) is 15.9 Å². The van der Waals surface area contributed by atoms with E-state index in [1.165, 1.54) is 42.6 Å². The third kappa shape index (κ3) is 5.60. The first kappa shape index (κ1) is 21.8. The number of carbonyl (C=O) groups is 1. The molecule has 0 saturated carbocycles. The van der Waals surface area contributed by atoms with Gasteiger partial charge in [-0.2, -0.15) is 5.10 Å². The minimum atomic E-state index is -3.71. The smallest absolute Gasteiger partial charge is 0.271 e. The normalized spacial score (nSPS) is 11.4. The number of halogens is 2. The molecule has 0 aliphatic carbocycles. The molecule has 0 aromatic heterocycles. The van der Waals surface area contributed by atoms with Gasteiger partial charge in [0, 0.05) is 21.8 Å². The van der Waals surface area contributed by atoms with E-state index in [1.54, 1.807) is 30.3 Å². The minimum absolute atomic E-state index is 0.158. The molecule has 0 spiro atoms. The standard InChI is InChI=1S/C21H17Cl2N3O3S/c1-14-2-10-19(11-3-14)30(28,29)26-18-8-5-15(6-9-18)21(27)25-24-13-16-4-7-17(22)12-20(16)23/h2-13,26H,1H3,(H,25,27)/b24-13-. The molecular weight excluding hydrogens is 445 g/mol. The molecule has 6 nitrogen and oxygen atoms in total. The second kappa shape index (κ2) is 9.30. The van der Waals surface area contributed by atoms with Crippen LogP contribution in [0.2, 0.25) is 10.0 Å². The number of sulfonamides is 1. The van der Waals surface area contributed by atoms with Crippen LogP contribution >= 0.6 is 23.2 Å². The van der Waals surface area contributed by atoms with Gasteiger partial charge in [0.05, 0.1) is 16.1 Å². The zero-order valence-electron chi connectivity index (χ0n) is 15.8. The number of hydrogen-bond donors (Lipinski definition) is 2. The summed E-state index contributed by atoms with van der Waals surface area (Å²) in [5.41, 5.74) is 4.60. The molecule has 0 bridgehead atoms. The largest absolute Gasteiger partial charge is 0.280 e. The van der Waals surface area contributed by atoms with Crippen LogP contribution in [-0.4, -0.2) is 20.5 Å². The highest BCUT2D eigenvalue weighted by molar-refractivity contribution is 7.92. The number of hydrazone groups is 1. The van der Waals surface area contributed by atoms with Crippen molar-refractivity contribution < 1.29 is 13.2 Å². The van der Waals surface area contributed by atoms with Gasteiger partial charge < -0.3 is 0 Å². The fourth-order valence-corrected chi connectivity index (χ4v) is 3.97. The lowest BCUT2D eigenvalue weighted by atomic mass is 10.2. The number of amides is 1. The predicted molar refractivity (Wildman–Crippen MR) is 120 cm³/mol. The lowest BCUT2D eigenvalue weighted by molar-refractivity contribution is 0.0955. The summed E-state index contributed by atoms with van der Waals surface area (Å²) in [4.78, 5) is 12.4. The Labute approximate surface area is 184 Å². The number of rotatable bonds is 6. The second-order valence-electron chi connectivity index (χ2n) is 6.36. The molecule has 0 atom stereocenters. The van der Waals surface area contributed by atoms with Crippen molar-refractivity contribution in [3.63, 3.8) is 0 Å². The number of anilines is 1. The Bertz CT molecular complexity index is 1190. The number of benzene rings is 3. The molecule has 0 aliphatic rings. The van der Waals surface area contributed by atoms with Crippen LogP contribution < -0.4 is 10.1 Å².